The summed E-state index contributed by atoms with van der Waals surface area (Å²) in [4.78, 5) is 26.5. The highest BCUT2D eigenvalue weighted by molar-refractivity contribution is 5.88. The normalized spacial score (nSPS) is 15.0. The number of nitriles is 1. The minimum Gasteiger partial charge on any atom is -0.341 e. The van der Waals surface area contributed by atoms with Crippen LogP contribution in [-0.2, 0) is 4.79 Å². The van der Waals surface area contributed by atoms with Crippen molar-refractivity contribution >= 4 is 17.5 Å². The van der Waals surface area contributed by atoms with Crippen molar-refractivity contribution in [3.63, 3.8) is 0 Å². The Bertz CT molecular complexity index is 692. The summed E-state index contributed by atoms with van der Waals surface area (Å²) in [5, 5.41) is 14.0. The van der Waals surface area contributed by atoms with Gasteiger partial charge in [0.05, 0.1) is 6.07 Å². The fourth-order valence-corrected chi connectivity index (χ4v) is 2.97. The first-order valence-electron chi connectivity index (χ1n) is 8.99. The van der Waals surface area contributed by atoms with Gasteiger partial charge in [0.15, 0.2) is 0 Å². The van der Waals surface area contributed by atoms with E-state index < -0.39 is 6.04 Å². The van der Waals surface area contributed by atoms with Gasteiger partial charge in [-0.15, -0.1) is 0 Å². The second-order valence-electron chi connectivity index (χ2n) is 6.82. The second kappa shape index (κ2) is 9.62. The Kier molecular flexibility index (Phi) is 7.22. The van der Waals surface area contributed by atoms with Crippen molar-refractivity contribution in [3.8, 4) is 6.07 Å². The van der Waals surface area contributed by atoms with Crippen LogP contribution in [0.15, 0.2) is 36.5 Å². The molecule has 0 radical (unpaired) electrons. The number of urea groups is 1. The van der Waals surface area contributed by atoms with Crippen molar-refractivity contribution in [3.05, 3.63) is 42.1 Å². The van der Waals surface area contributed by atoms with Crippen LogP contribution in [0.1, 0.15) is 38.7 Å². The fourth-order valence-electron chi connectivity index (χ4n) is 2.97. The zero-order chi connectivity index (χ0) is 18.9. The maximum Gasteiger partial charge on any atom is 0.322 e. The Balaban J connectivity index is 2.07. The van der Waals surface area contributed by atoms with E-state index in [-0.39, 0.29) is 24.4 Å². The monoisotopic (exact) mass is 354 g/mol. The van der Waals surface area contributed by atoms with E-state index in [1.54, 1.807) is 4.90 Å². The van der Waals surface area contributed by atoms with Gasteiger partial charge in [0.1, 0.15) is 12.6 Å². The zero-order valence-corrected chi connectivity index (χ0v) is 15.4. The van der Waals surface area contributed by atoms with Crippen LogP contribution in [-0.4, -0.2) is 36.0 Å². The molecule has 1 aromatic rings. The van der Waals surface area contributed by atoms with Gasteiger partial charge < -0.3 is 15.5 Å². The summed E-state index contributed by atoms with van der Waals surface area (Å²) >= 11 is 0. The van der Waals surface area contributed by atoms with Gasteiger partial charge in [-0.2, -0.15) is 5.26 Å². The highest BCUT2D eigenvalue weighted by Gasteiger charge is 2.25. The van der Waals surface area contributed by atoms with Gasteiger partial charge in [0.2, 0.25) is 5.91 Å². The van der Waals surface area contributed by atoms with Crippen molar-refractivity contribution in [2.45, 2.75) is 39.2 Å². The lowest BCUT2D eigenvalue weighted by Gasteiger charge is -2.28. The lowest BCUT2D eigenvalue weighted by molar-refractivity contribution is -0.123. The third kappa shape index (κ3) is 5.62. The quantitative estimate of drug-likeness (QED) is 0.770. The molecule has 0 aromatic heterocycles. The number of allylic oxidation sites excluding steroid dienone is 1. The van der Waals surface area contributed by atoms with Crippen molar-refractivity contribution in [1.82, 2.24) is 15.5 Å². The molecular weight excluding hydrogens is 328 g/mol. The first-order valence-corrected chi connectivity index (χ1v) is 8.99. The van der Waals surface area contributed by atoms with Crippen LogP contribution in [0, 0.1) is 17.2 Å². The van der Waals surface area contributed by atoms with Crippen molar-refractivity contribution in [2.75, 3.05) is 13.1 Å². The molecule has 1 unspecified atom stereocenters. The molecule has 26 heavy (non-hydrogen) atoms. The maximum absolute atomic E-state index is 12.7. The molecular formula is C20H26N4O2. The molecule has 0 saturated carbocycles. The van der Waals surface area contributed by atoms with Crippen LogP contribution in [0.25, 0.3) is 5.57 Å². The molecule has 1 aliphatic rings. The maximum atomic E-state index is 12.7. The molecule has 6 nitrogen and oxygen atoms in total. The number of nitrogens with one attached hydrogen (secondary N) is 2. The summed E-state index contributed by atoms with van der Waals surface area (Å²) in [5.74, 6) is -0.0808. The SMILES string of the molecule is CC(C)CC(NC(=O)N1C=C(c2ccccc2)CCC1)C(=O)NCC#N. The first-order chi connectivity index (χ1) is 12.5. The number of hydrogen-bond donors (Lipinski definition) is 2. The van der Waals surface area contributed by atoms with Crippen LogP contribution < -0.4 is 10.6 Å². The first kappa shape index (κ1) is 19.5. The second-order valence-corrected chi connectivity index (χ2v) is 6.82. The Morgan fingerprint density at radius 1 is 1.27 bits per heavy atom. The lowest BCUT2D eigenvalue weighted by Crippen LogP contribution is -2.51. The van der Waals surface area contributed by atoms with Crippen LogP contribution in [0.3, 0.4) is 0 Å². The smallest absolute Gasteiger partial charge is 0.322 e. The Labute approximate surface area is 154 Å². The van der Waals surface area contributed by atoms with Crippen LogP contribution >= 0.6 is 0 Å². The molecule has 6 heteroatoms. The summed E-state index contributed by atoms with van der Waals surface area (Å²) in [7, 11) is 0. The van der Waals surface area contributed by atoms with Crippen LogP contribution in [0.2, 0.25) is 0 Å². The zero-order valence-electron chi connectivity index (χ0n) is 15.4. The molecule has 2 N–H and O–H groups in total. The number of hydrogen-bond acceptors (Lipinski definition) is 3. The predicted molar refractivity (Wildman–Crippen MR) is 101 cm³/mol. The predicted octanol–water partition coefficient (Wildman–Crippen LogP) is 2.89. The molecule has 0 spiro atoms. The van der Waals surface area contributed by atoms with Crippen molar-refractivity contribution < 1.29 is 9.59 Å². The summed E-state index contributed by atoms with van der Waals surface area (Å²) < 4.78 is 0. The van der Waals surface area contributed by atoms with E-state index in [0.29, 0.717) is 13.0 Å². The average Bonchev–Trinajstić information content (AvgIpc) is 2.66. The molecule has 0 fully saturated rings. The minimum atomic E-state index is -0.647. The van der Waals surface area contributed by atoms with Crippen molar-refractivity contribution in [1.29, 1.82) is 5.26 Å². The van der Waals surface area contributed by atoms with Gasteiger partial charge in [-0.05, 0) is 36.3 Å². The van der Waals surface area contributed by atoms with E-state index in [9.17, 15) is 9.59 Å². The standard InChI is InChI=1S/C20H26N4O2/c1-15(2)13-18(19(25)22-11-10-21)23-20(26)24-12-6-9-17(14-24)16-7-4-3-5-8-16/h3-5,7-8,14-15,18H,6,9,11-13H2,1-2H3,(H,22,25)(H,23,26). The number of rotatable bonds is 6. The summed E-state index contributed by atoms with van der Waals surface area (Å²) in [5.41, 5.74) is 2.22. The van der Waals surface area contributed by atoms with E-state index in [2.05, 4.69) is 10.6 Å². The van der Waals surface area contributed by atoms with Crippen LogP contribution in [0.4, 0.5) is 4.79 Å². The Hall–Kier alpha value is -2.81. The van der Waals surface area contributed by atoms with Gasteiger partial charge in [-0.25, -0.2) is 4.79 Å². The third-order valence-electron chi connectivity index (χ3n) is 4.23. The third-order valence-corrected chi connectivity index (χ3v) is 4.23. The molecule has 1 aliphatic heterocycles. The molecule has 0 bridgehead atoms. The van der Waals surface area contributed by atoms with Gasteiger partial charge in [0, 0.05) is 12.7 Å². The molecule has 0 saturated heterocycles. The van der Waals surface area contributed by atoms with E-state index in [1.165, 1.54) is 0 Å². The molecule has 1 aromatic carbocycles. The molecule has 0 aliphatic carbocycles. The number of nitrogens with zero attached hydrogens (tertiary/aromatic N) is 2. The van der Waals surface area contributed by atoms with Gasteiger partial charge in [-0.1, -0.05) is 44.2 Å². The molecule has 138 valence electrons. The fraction of sp³-hybridized carbons (Fsp3) is 0.450. The van der Waals surface area contributed by atoms with Crippen LogP contribution in [0.5, 0.6) is 0 Å². The largest absolute Gasteiger partial charge is 0.341 e. The van der Waals surface area contributed by atoms with E-state index >= 15 is 0 Å². The van der Waals surface area contributed by atoms with Crippen molar-refractivity contribution in [2.24, 2.45) is 5.92 Å². The highest BCUT2D eigenvalue weighted by atomic mass is 16.2. The topological polar surface area (TPSA) is 85.2 Å². The highest BCUT2D eigenvalue weighted by Crippen LogP contribution is 2.24. The minimum absolute atomic E-state index is 0.0644. The number of carbonyl (C=O) groups excluding carboxylic acids is 2. The van der Waals surface area contributed by atoms with Gasteiger partial charge >= 0.3 is 6.03 Å². The van der Waals surface area contributed by atoms with E-state index in [4.69, 9.17) is 5.26 Å². The van der Waals surface area contributed by atoms with Gasteiger partial charge in [0.25, 0.3) is 0 Å². The Morgan fingerprint density at radius 3 is 2.65 bits per heavy atom. The summed E-state index contributed by atoms with van der Waals surface area (Å²) in [6, 6.07) is 10.9. The molecule has 3 amide bonds. The average molecular weight is 354 g/mol. The van der Waals surface area contributed by atoms with Gasteiger partial charge in [-0.3, -0.25) is 4.79 Å². The molecule has 2 rings (SSSR count). The van der Waals surface area contributed by atoms with E-state index in [0.717, 1.165) is 24.0 Å². The summed E-state index contributed by atoms with van der Waals surface area (Å²) in [6.07, 6.45) is 4.19. The number of carbonyl (C=O) groups is 2. The molecule has 1 atom stereocenters. The lowest BCUT2D eigenvalue weighted by atomic mass is 9.99. The summed E-state index contributed by atoms with van der Waals surface area (Å²) in [6.45, 7) is 4.54. The molecule has 1 heterocycles. The van der Waals surface area contributed by atoms with E-state index in [1.807, 2.05) is 56.4 Å². The number of amides is 3. The number of benzene rings is 1. The Morgan fingerprint density at radius 2 is 2.00 bits per heavy atom.